The van der Waals surface area contributed by atoms with E-state index in [0.29, 0.717) is 26.0 Å². The third kappa shape index (κ3) is 3.21. The largest absolute Gasteiger partial charge is 0.385 e. The van der Waals surface area contributed by atoms with E-state index in [1.54, 1.807) is 12.0 Å². The maximum atomic E-state index is 13.7. The number of aromatic amines is 1. The monoisotopic (exact) mass is 453 g/mol. The van der Waals surface area contributed by atoms with Gasteiger partial charge in [-0.1, -0.05) is 60.7 Å². The molecule has 2 aliphatic heterocycles. The van der Waals surface area contributed by atoms with Crippen LogP contribution < -0.4 is 0 Å². The van der Waals surface area contributed by atoms with Gasteiger partial charge in [-0.2, -0.15) is 0 Å². The smallest absolute Gasteiger partial charge is 0.246 e. The number of aromatic nitrogens is 1. The molecule has 0 spiro atoms. The zero-order valence-corrected chi connectivity index (χ0v) is 19.2. The van der Waals surface area contributed by atoms with Gasteiger partial charge in [-0.15, -0.1) is 0 Å². The number of benzene rings is 3. The highest BCUT2D eigenvalue weighted by Crippen LogP contribution is 2.44. The van der Waals surface area contributed by atoms with E-state index in [1.807, 2.05) is 35.2 Å². The van der Waals surface area contributed by atoms with Crippen molar-refractivity contribution in [1.29, 1.82) is 0 Å². The molecular formula is C28H27N3O3. The van der Waals surface area contributed by atoms with Crippen molar-refractivity contribution in [3.63, 3.8) is 0 Å². The standard InChI is InChI=1S/C28H27N3O3/c1-34-15-7-14-30-17-25(32)31-24(28(30)33)16-22-20-11-4-5-13-23(20)29-26(22)27(31)21-12-6-9-18-8-2-3-10-19(18)21/h2-6,8-13,24,27,29H,7,14-17H2,1H3. The summed E-state index contributed by atoms with van der Waals surface area (Å²) in [6.45, 7) is 1.20. The van der Waals surface area contributed by atoms with Gasteiger partial charge in [0.1, 0.15) is 6.04 Å². The van der Waals surface area contributed by atoms with Crippen LogP contribution in [0.4, 0.5) is 0 Å². The second kappa shape index (κ2) is 8.29. The Kier molecular flexibility index (Phi) is 5.11. The number of piperazine rings is 1. The van der Waals surface area contributed by atoms with Gasteiger partial charge in [0.2, 0.25) is 11.8 Å². The molecule has 3 heterocycles. The predicted molar refractivity (Wildman–Crippen MR) is 132 cm³/mol. The number of nitrogens with zero attached hydrogens (tertiary/aromatic N) is 2. The van der Waals surface area contributed by atoms with Gasteiger partial charge in [0.25, 0.3) is 0 Å². The average molecular weight is 454 g/mol. The van der Waals surface area contributed by atoms with Crippen molar-refractivity contribution in [2.24, 2.45) is 0 Å². The third-order valence-corrected chi connectivity index (χ3v) is 7.24. The summed E-state index contributed by atoms with van der Waals surface area (Å²) < 4.78 is 5.16. The molecule has 172 valence electrons. The van der Waals surface area contributed by atoms with Crippen LogP contribution in [0.25, 0.3) is 21.7 Å². The quantitative estimate of drug-likeness (QED) is 0.464. The number of nitrogens with one attached hydrogen (secondary N) is 1. The first-order chi connectivity index (χ1) is 16.7. The number of ether oxygens (including phenoxy) is 1. The van der Waals surface area contributed by atoms with Gasteiger partial charge >= 0.3 is 0 Å². The predicted octanol–water partition coefficient (Wildman–Crippen LogP) is 4.04. The molecule has 0 bridgehead atoms. The summed E-state index contributed by atoms with van der Waals surface area (Å²) in [6, 6.07) is 21.8. The minimum Gasteiger partial charge on any atom is -0.385 e. The molecule has 6 nitrogen and oxygen atoms in total. The molecule has 1 N–H and O–H groups in total. The highest BCUT2D eigenvalue weighted by molar-refractivity contribution is 5.98. The van der Waals surface area contributed by atoms with Crippen LogP contribution in [-0.2, 0) is 20.7 Å². The fraction of sp³-hybridized carbons (Fsp3) is 0.286. The van der Waals surface area contributed by atoms with Gasteiger partial charge in [-0.05, 0) is 34.4 Å². The Morgan fingerprint density at radius 3 is 2.59 bits per heavy atom. The van der Waals surface area contributed by atoms with Crippen molar-refractivity contribution in [2.75, 3.05) is 26.8 Å². The van der Waals surface area contributed by atoms with Crippen molar-refractivity contribution in [3.8, 4) is 0 Å². The average Bonchev–Trinajstić information content (AvgIpc) is 3.24. The summed E-state index contributed by atoms with van der Waals surface area (Å²) >= 11 is 0. The van der Waals surface area contributed by atoms with Gasteiger partial charge in [-0.25, -0.2) is 0 Å². The fourth-order valence-corrected chi connectivity index (χ4v) is 5.73. The van der Waals surface area contributed by atoms with Gasteiger partial charge in [0, 0.05) is 43.3 Å². The zero-order valence-electron chi connectivity index (χ0n) is 19.2. The van der Waals surface area contributed by atoms with Crippen LogP contribution in [0.15, 0.2) is 66.7 Å². The number of methoxy groups -OCH3 is 1. The number of carbonyl (C=O) groups is 2. The SMILES string of the molecule is COCCCN1CC(=O)N2C(Cc3c([nH]c4ccccc34)C2c2cccc3ccccc23)C1=O. The molecule has 0 aliphatic carbocycles. The number of hydrogen-bond donors (Lipinski definition) is 1. The molecule has 2 amide bonds. The van der Waals surface area contributed by atoms with Crippen molar-refractivity contribution in [1.82, 2.24) is 14.8 Å². The molecule has 2 atom stereocenters. The number of amides is 2. The molecular weight excluding hydrogens is 426 g/mol. The van der Waals surface area contributed by atoms with Crippen LogP contribution in [0.1, 0.15) is 29.3 Å². The van der Waals surface area contributed by atoms with Crippen LogP contribution in [0.3, 0.4) is 0 Å². The van der Waals surface area contributed by atoms with Gasteiger partial charge in [0.15, 0.2) is 0 Å². The van der Waals surface area contributed by atoms with Crippen molar-refractivity contribution < 1.29 is 14.3 Å². The Labute approximate surface area is 198 Å². The first-order valence-corrected chi connectivity index (χ1v) is 11.8. The Morgan fingerprint density at radius 1 is 0.971 bits per heavy atom. The number of carbonyl (C=O) groups excluding carboxylic acids is 2. The minimum atomic E-state index is -0.514. The Morgan fingerprint density at radius 2 is 1.74 bits per heavy atom. The summed E-state index contributed by atoms with van der Waals surface area (Å²) in [5.74, 6) is 0.0149. The first-order valence-electron chi connectivity index (χ1n) is 11.8. The minimum absolute atomic E-state index is 0.00995. The van der Waals surface area contributed by atoms with Crippen LogP contribution in [-0.4, -0.2) is 59.4 Å². The topological polar surface area (TPSA) is 65.6 Å². The van der Waals surface area contributed by atoms with Crippen LogP contribution >= 0.6 is 0 Å². The fourth-order valence-electron chi connectivity index (χ4n) is 5.73. The summed E-state index contributed by atoms with van der Waals surface area (Å²) in [5, 5.41) is 3.35. The lowest BCUT2D eigenvalue weighted by Crippen LogP contribution is -2.63. The first kappa shape index (κ1) is 20.9. The molecule has 4 aromatic rings. The Balaban J connectivity index is 1.53. The van der Waals surface area contributed by atoms with Crippen LogP contribution in [0.5, 0.6) is 0 Å². The molecule has 0 saturated carbocycles. The molecule has 2 aliphatic rings. The lowest BCUT2D eigenvalue weighted by Gasteiger charge is -2.47. The number of hydrogen-bond acceptors (Lipinski definition) is 3. The van der Waals surface area contributed by atoms with Gasteiger partial charge < -0.3 is 19.5 Å². The molecule has 1 fully saturated rings. The molecule has 1 aromatic heterocycles. The Hall–Kier alpha value is -3.64. The van der Waals surface area contributed by atoms with E-state index in [4.69, 9.17) is 4.74 Å². The van der Waals surface area contributed by atoms with E-state index in [2.05, 4.69) is 41.4 Å². The molecule has 1 saturated heterocycles. The van der Waals surface area contributed by atoms with Crippen LogP contribution in [0, 0.1) is 0 Å². The van der Waals surface area contributed by atoms with E-state index in [1.165, 1.54) is 0 Å². The van der Waals surface area contributed by atoms with E-state index >= 15 is 0 Å². The summed E-state index contributed by atoms with van der Waals surface area (Å²) in [7, 11) is 1.65. The third-order valence-electron chi connectivity index (χ3n) is 7.24. The van der Waals surface area contributed by atoms with Crippen molar-refractivity contribution >= 4 is 33.5 Å². The number of fused-ring (bicyclic) bond motifs is 5. The van der Waals surface area contributed by atoms with E-state index in [9.17, 15) is 9.59 Å². The summed E-state index contributed by atoms with van der Waals surface area (Å²) in [4.78, 5) is 34.5. The lowest BCUT2D eigenvalue weighted by molar-refractivity contribution is -0.158. The maximum absolute atomic E-state index is 13.7. The highest BCUT2D eigenvalue weighted by Gasteiger charge is 2.48. The van der Waals surface area contributed by atoms with Crippen molar-refractivity contribution in [3.05, 3.63) is 83.6 Å². The van der Waals surface area contributed by atoms with Crippen molar-refractivity contribution in [2.45, 2.75) is 24.9 Å². The maximum Gasteiger partial charge on any atom is 0.246 e. The molecule has 6 heteroatoms. The summed E-state index contributed by atoms with van der Waals surface area (Å²) in [5.41, 5.74) is 4.23. The molecule has 34 heavy (non-hydrogen) atoms. The molecule has 0 radical (unpaired) electrons. The van der Waals surface area contributed by atoms with E-state index in [-0.39, 0.29) is 24.4 Å². The van der Waals surface area contributed by atoms with E-state index in [0.717, 1.165) is 38.5 Å². The summed E-state index contributed by atoms with van der Waals surface area (Å²) in [6.07, 6.45) is 1.24. The molecule has 2 unspecified atom stereocenters. The van der Waals surface area contributed by atoms with Crippen LogP contribution in [0.2, 0.25) is 0 Å². The van der Waals surface area contributed by atoms with Gasteiger partial charge in [0.05, 0.1) is 12.6 Å². The Bertz CT molecular complexity index is 1400. The molecule has 6 rings (SSSR count). The zero-order chi connectivity index (χ0) is 23.2. The number of para-hydroxylation sites is 1. The van der Waals surface area contributed by atoms with Gasteiger partial charge in [-0.3, -0.25) is 9.59 Å². The normalized spacial score (nSPS) is 20.1. The highest BCUT2D eigenvalue weighted by atomic mass is 16.5. The lowest BCUT2D eigenvalue weighted by atomic mass is 9.84. The molecule has 3 aromatic carbocycles. The second-order valence-electron chi connectivity index (χ2n) is 9.16. The number of H-pyrrole nitrogens is 1. The number of rotatable bonds is 5. The van der Waals surface area contributed by atoms with E-state index < -0.39 is 6.04 Å². The second-order valence-corrected chi connectivity index (χ2v) is 9.16.